The van der Waals surface area contributed by atoms with Crippen molar-refractivity contribution in [3.05, 3.63) is 54.4 Å². The Balaban J connectivity index is 2.28. The molecule has 0 aliphatic rings. The maximum Gasteiger partial charge on any atom is 0.454 e. The zero-order valence-corrected chi connectivity index (χ0v) is 13.4. The number of carbonyl (C=O) groups is 1. The molecule has 130 valence electrons. The number of ketones is 1. The lowest BCUT2D eigenvalue weighted by Crippen LogP contribution is -2.22. The van der Waals surface area contributed by atoms with E-state index in [1.165, 1.54) is 13.3 Å². The van der Waals surface area contributed by atoms with Crippen LogP contribution in [0.5, 0.6) is 0 Å². The van der Waals surface area contributed by atoms with Gasteiger partial charge in [0.25, 0.3) is 5.78 Å². The van der Waals surface area contributed by atoms with Crippen molar-refractivity contribution in [3.8, 4) is 11.3 Å². The van der Waals surface area contributed by atoms with Crippen LogP contribution in [0, 0.1) is 0 Å². The highest BCUT2D eigenvalue weighted by Gasteiger charge is 2.41. The molecule has 7 heteroatoms. The number of hydrogen-bond donors (Lipinski definition) is 0. The maximum atomic E-state index is 13.1. The fraction of sp³-hybridized carbons (Fsp3) is 0.222. The molecule has 3 rings (SSSR count). The lowest BCUT2D eigenvalue weighted by Gasteiger charge is -2.08. The normalized spacial score (nSPS) is 11.8. The third-order valence-corrected chi connectivity index (χ3v) is 3.89. The van der Waals surface area contributed by atoms with Crippen molar-refractivity contribution in [1.29, 1.82) is 0 Å². The predicted octanol–water partition coefficient (Wildman–Crippen LogP) is 4.09. The minimum absolute atomic E-state index is 0.250. The van der Waals surface area contributed by atoms with Crippen LogP contribution < -0.4 is 0 Å². The summed E-state index contributed by atoms with van der Waals surface area (Å²) in [5.74, 6) is -1.86. The van der Waals surface area contributed by atoms with Gasteiger partial charge in [0.2, 0.25) is 0 Å². The Morgan fingerprint density at radius 3 is 2.64 bits per heavy atom. The zero-order chi connectivity index (χ0) is 18.0. The summed E-state index contributed by atoms with van der Waals surface area (Å²) in [5, 5.41) is 0.250. The molecular formula is C18H15F3N2O2. The Hall–Kier alpha value is -2.67. The average Bonchev–Trinajstić information content (AvgIpc) is 2.98. The Bertz CT molecular complexity index is 902. The minimum Gasteiger partial charge on any atom is -0.383 e. The van der Waals surface area contributed by atoms with Crippen molar-refractivity contribution in [2.24, 2.45) is 0 Å². The van der Waals surface area contributed by atoms with Crippen LogP contribution in [0.4, 0.5) is 13.2 Å². The minimum atomic E-state index is -4.95. The van der Waals surface area contributed by atoms with Crippen LogP contribution in [0.2, 0.25) is 0 Å². The largest absolute Gasteiger partial charge is 0.454 e. The summed E-state index contributed by atoms with van der Waals surface area (Å²) in [6.45, 7) is 0.654. The van der Waals surface area contributed by atoms with E-state index in [2.05, 4.69) is 4.98 Å². The molecular weight excluding hydrogens is 333 g/mol. The summed E-state index contributed by atoms with van der Waals surface area (Å²) in [6.07, 6.45) is -2.15. The molecule has 0 amide bonds. The van der Waals surface area contributed by atoms with Crippen molar-refractivity contribution in [3.63, 3.8) is 0 Å². The third kappa shape index (κ3) is 3.28. The molecule has 25 heavy (non-hydrogen) atoms. The number of aromatic nitrogens is 2. The second-order valence-electron chi connectivity index (χ2n) is 5.47. The van der Waals surface area contributed by atoms with Gasteiger partial charge in [-0.25, -0.2) is 0 Å². The molecule has 0 unspecified atom stereocenters. The van der Waals surface area contributed by atoms with Gasteiger partial charge in [0.1, 0.15) is 0 Å². The quantitative estimate of drug-likeness (QED) is 0.652. The number of ether oxygens (including phenoxy) is 1. The summed E-state index contributed by atoms with van der Waals surface area (Å²) < 4.78 is 45.8. The molecule has 0 spiro atoms. The zero-order valence-electron chi connectivity index (χ0n) is 13.4. The smallest absolute Gasteiger partial charge is 0.383 e. The van der Waals surface area contributed by atoms with Crippen LogP contribution in [0.25, 0.3) is 22.2 Å². The van der Waals surface area contributed by atoms with Crippen LogP contribution in [0.15, 0.2) is 48.8 Å². The number of alkyl halides is 3. The molecule has 0 radical (unpaired) electrons. The molecule has 0 bridgehead atoms. The SMILES string of the molecule is COCCn1cc(C(=O)C(F)(F)F)c2c(-c3ccccn3)cccc21. The van der Waals surface area contributed by atoms with E-state index in [1.54, 1.807) is 47.2 Å². The number of halogens is 3. The molecule has 3 aromatic rings. The van der Waals surface area contributed by atoms with E-state index < -0.39 is 12.0 Å². The number of nitrogens with zero attached hydrogens (tertiary/aromatic N) is 2. The highest BCUT2D eigenvalue weighted by molar-refractivity contribution is 6.14. The van der Waals surface area contributed by atoms with E-state index in [0.717, 1.165) is 0 Å². The molecule has 2 heterocycles. The van der Waals surface area contributed by atoms with Crippen molar-refractivity contribution >= 4 is 16.7 Å². The third-order valence-electron chi connectivity index (χ3n) is 3.89. The number of fused-ring (bicyclic) bond motifs is 1. The molecule has 0 N–H and O–H groups in total. The van der Waals surface area contributed by atoms with Crippen LogP contribution in [-0.2, 0) is 11.3 Å². The van der Waals surface area contributed by atoms with Gasteiger partial charge in [-0.1, -0.05) is 18.2 Å². The number of benzene rings is 1. The Labute approximate surface area is 141 Å². The predicted molar refractivity (Wildman–Crippen MR) is 87.4 cm³/mol. The second kappa shape index (κ2) is 6.68. The number of Topliss-reactive ketones (excluding diaryl/α,β-unsaturated/α-hetero) is 1. The lowest BCUT2D eigenvalue weighted by atomic mass is 10.0. The Morgan fingerprint density at radius 1 is 1.20 bits per heavy atom. The summed E-state index contributed by atoms with van der Waals surface area (Å²) in [7, 11) is 1.51. The topological polar surface area (TPSA) is 44.1 Å². The highest BCUT2D eigenvalue weighted by atomic mass is 19.4. The van der Waals surface area contributed by atoms with Gasteiger partial charge in [-0.3, -0.25) is 9.78 Å². The van der Waals surface area contributed by atoms with Gasteiger partial charge in [-0.05, 0) is 18.2 Å². The van der Waals surface area contributed by atoms with Gasteiger partial charge in [-0.15, -0.1) is 0 Å². The monoisotopic (exact) mass is 348 g/mol. The summed E-state index contributed by atoms with van der Waals surface area (Å²) >= 11 is 0. The van der Waals surface area contributed by atoms with Gasteiger partial charge >= 0.3 is 6.18 Å². The molecule has 0 aliphatic heterocycles. The summed E-state index contributed by atoms with van der Waals surface area (Å²) in [5.41, 5.74) is 1.16. The van der Waals surface area contributed by atoms with Crippen molar-refractivity contribution < 1.29 is 22.7 Å². The fourth-order valence-electron chi connectivity index (χ4n) is 2.79. The molecule has 1 aromatic carbocycles. The number of carbonyl (C=O) groups excluding carboxylic acids is 1. The van der Waals surface area contributed by atoms with Crippen molar-refractivity contribution in [1.82, 2.24) is 9.55 Å². The van der Waals surface area contributed by atoms with E-state index in [0.29, 0.717) is 29.9 Å². The molecule has 0 saturated heterocycles. The highest BCUT2D eigenvalue weighted by Crippen LogP contribution is 2.34. The number of hydrogen-bond acceptors (Lipinski definition) is 3. The molecule has 4 nitrogen and oxygen atoms in total. The van der Waals surface area contributed by atoms with Gasteiger partial charge in [0, 0.05) is 42.5 Å². The summed E-state index contributed by atoms with van der Waals surface area (Å²) in [4.78, 5) is 16.2. The average molecular weight is 348 g/mol. The second-order valence-corrected chi connectivity index (χ2v) is 5.47. The first-order valence-electron chi connectivity index (χ1n) is 7.57. The molecule has 0 saturated carbocycles. The number of rotatable bonds is 5. The van der Waals surface area contributed by atoms with E-state index in [4.69, 9.17) is 4.74 Å². The molecule has 0 aliphatic carbocycles. The standard InChI is InChI=1S/C18H15F3N2O2/c1-25-10-9-23-11-13(17(24)18(19,20)21)16-12(5-4-7-15(16)23)14-6-2-3-8-22-14/h2-8,11H,9-10H2,1H3. The fourth-order valence-corrected chi connectivity index (χ4v) is 2.79. The van der Waals surface area contributed by atoms with Crippen LogP contribution in [0.1, 0.15) is 10.4 Å². The molecule has 2 aromatic heterocycles. The summed E-state index contributed by atoms with van der Waals surface area (Å²) in [6, 6.07) is 10.2. The van der Waals surface area contributed by atoms with E-state index in [1.807, 2.05) is 0 Å². The molecule has 0 fully saturated rings. The maximum absolute atomic E-state index is 13.1. The first kappa shape index (κ1) is 17.2. The lowest BCUT2D eigenvalue weighted by molar-refractivity contribution is -0.0884. The first-order chi connectivity index (χ1) is 11.9. The number of pyridine rings is 1. The van der Waals surface area contributed by atoms with Crippen molar-refractivity contribution in [2.45, 2.75) is 12.7 Å². The van der Waals surface area contributed by atoms with Gasteiger partial charge in [-0.2, -0.15) is 13.2 Å². The van der Waals surface area contributed by atoms with Crippen LogP contribution in [-0.4, -0.2) is 35.2 Å². The van der Waals surface area contributed by atoms with Gasteiger partial charge < -0.3 is 9.30 Å². The van der Waals surface area contributed by atoms with Gasteiger partial charge in [0.15, 0.2) is 0 Å². The Kier molecular flexibility index (Phi) is 4.59. The number of methoxy groups -OCH3 is 1. The van der Waals surface area contributed by atoms with Gasteiger partial charge in [0.05, 0.1) is 17.9 Å². The first-order valence-corrected chi connectivity index (χ1v) is 7.57. The molecule has 0 atom stereocenters. The van der Waals surface area contributed by atoms with E-state index >= 15 is 0 Å². The Morgan fingerprint density at radius 2 is 2.00 bits per heavy atom. The van der Waals surface area contributed by atoms with E-state index in [-0.39, 0.29) is 10.9 Å². The van der Waals surface area contributed by atoms with E-state index in [9.17, 15) is 18.0 Å². The van der Waals surface area contributed by atoms with Crippen molar-refractivity contribution in [2.75, 3.05) is 13.7 Å². The van der Waals surface area contributed by atoms with Crippen LogP contribution in [0.3, 0.4) is 0 Å². The van der Waals surface area contributed by atoms with Crippen LogP contribution >= 0.6 is 0 Å².